The third-order valence-electron chi connectivity index (χ3n) is 2.07. The first kappa shape index (κ1) is 14.2. The second kappa shape index (κ2) is 9.17. The highest BCUT2D eigenvalue weighted by Gasteiger charge is 1.98. The molecule has 0 fully saturated rings. The minimum Gasteiger partial charge on any atom is -0.385 e. The first-order valence-corrected chi connectivity index (χ1v) is 5.84. The van der Waals surface area contributed by atoms with Crippen LogP contribution in [0.1, 0.15) is 6.42 Å². The van der Waals surface area contributed by atoms with E-state index >= 15 is 0 Å². The zero-order valence-electron chi connectivity index (χ0n) is 10.5. The zero-order chi connectivity index (χ0) is 13.1. The molecule has 2 amide bonds. The van der Waals surface area contributed by atoms with Gasteiger partial charge in [0.25, 0.3) is 0 Å². The summed E-state index contributed by atoms with van der Waals surface area (Å²) in [6.45, 7) is 2.34. The van der Waals surface area contributed by atoms with Crippen LogP contribution in [0.4, 0.5) is 10.7 Å². The molecule has 1 heterocycles. The van der Waals surface area contributed by atoms with Gasteiger partial charge in [0.05, 0.1) is 0 Å². The van der Waals surface area contributed by atoms with Gasteiger partial charge in [-0.1, -0.05) is 0 Å². The average molecular weight is 253 g/mol. The van der Waals surface area contributed by atoms with E-state index in [9.17, 15) is 4.79 Å². The standard InChI is InChI=1S/C11H19N5O2/c1-18-9-3-6-15-11(17)16-8-7-14-10-12-4-2-5-13-10/h2,4-5H,3,6-9H2,1H3,(H,12,13,14)(H2,15,16,17). The molecule has 18 heavy (non-hydrogen) atoms. The number of urea groups is 1. The molecule has 0 aliphatic carbocycles. The maximum absolute atomic E-state index is 11.3. The Kier molecular flexibility index (Phi) is 7.22. The van der Waals surface area contributed by atoms with E-state index in [0.717, 1.165) is 6.42 Å². The van der Waals surface area contributed by atoms with Gasteiger partial charge in [-0.05, 0) is 12.5 Å². The number of nitrogens with zero attached hydrogens (tertiary/aromatic N) is 2. The first-order valence-electron chi connectivity index (χ1n) is 5.84. The van der Waals surface area contributed by atoms with E-state index in [1.165, 1.54) is 0 Å². The van der Waals surface area contributed by atoms with Gasteiger partial charge in [0, 0.05) is 45.7 Å². The number of ether oxygens (including phenoxy) is 1. The Morgan fingerprint density at radius 2 is 1.94 bits per heavy atom. The molecule has 0 atom stereocenters. The number of rotatable bonds is 8. The molecule has 0 aromatic carbocycles. The van der Waals surface area contributed by atoms with Crippen molar-refractivity contribution < 1.29 is 9.53 Å². The van der Waals surface area contributed by atoms with Crippen molar-refractivity contribution in [3.05, 3.63) is 18.5 Å². The van der Waals surface area contributed by atoms with E-state index in [0.29, 0.717) is 32.2 Å². The molecule has 3 N–H and O–H groups in total. The first-order chi connectivity index (χ1) is 8.83. The molecule has 0 spiro atoms. The van der Waals surface area contributed by atoms with Crippen LogP contribution in [0.5, 0.6) is 0 Å². The molecule has 0 bridgehead atoms. The highest BCUT2D eigenvalue weighted by atomic mass is 16.5. The quantitative estimate of drug-likeness (QED) is 0.577. The van der Waals surface area contributed by atoms with Gasteiger partial charge in [-0.25, -0.2) is 14.8 Å². The Labute approximate surface area is 106 Å². The molecule has 1 aromatic heterocycles. The van der Waals surface area contributed by atoms with Gasteiger partial charge >= 0.3 is 6.03 Å². The normalized spacial score (nSPS) is 9.83. The number of carbonyl (C=O) groups excluding carboxylic acids is 1. The smallest absolute Gasteiger partial charge is 0.314 e. The lowest BCUT2D eigenvalue weighted by molar-refractivity contribution is 0.193. The SMILES string of the molecule is COCCCNC(=O)NCCNc1ncccn1. The Hall–Kier alpha value is -1.89. The predicted molar refractivity (Wildman–Crippen MR) is 68.4 cm³/mol. The fourth-order valence-electron chi connectivity index (χ4n) is 1.22. The molecule has 100 valence electrons. The van der Waals surface area contributed by atoms with Crippen LogP contribution in [0.3, 0.4) is 0 Å². The summed E-state index contributed by atoms with van der Waals surface area (Å²) < 4.78 is 4.88. The lowest BCUT2D eigenvalue weighted by Gasteiger charge is -2.08. The van der Waals surface area contributed by atoms with Gasteiger partial charge in [-0.3, -0.25) is 0 Å². The van der Waals surface area contributed by atoms with Crippen molar-refractivity contribution in [3.63, 3.8) is 0 Å². The third kappa shape index (κ3) is 6.64. The predicted octanol–water partition coefficient (Wildman–Crippen LogP) is 0.224. The second-order valence-corrected chi connectivity index (χ2v) is 3.53. The maximum Gasteiger partial charge on any atom is 0.314 e. The van der Waals surface area contributed by atoms with Crippen LogP contribution in [0.2, 0.25) is 0 Å². The number of amides is 2. The van der Waals surface area contributed by atoms with Crippen LogP contribution in [-0.4, -0.2) is 49.4 Å². The Morgan fingerprint density at radius 1 is 1.22 bits per heavy atom. The molecule has 7 nitrogen and oxygen atoms in total. The van der Waals surface area contributed by atoms with Crippen LogP contribution in [0, 0.1) is 0 Å². The third-order valence-corrected chi connectivity index (χ3v) is 2.07. The molecule has 0 unspecified atom stereocenters. The summed E-state index contributed by atoms with van der Waals surface area (Å²) in [5, 5.41) is 8.44. The van der Waals surface area contributed by atoms with Crippen molar-refractivity contribution >= 4 is 12.0 Å². The molecule has 0 aliphatic heterocycles. The summed E-state index contributed by atoms with van der Waals surface area (Å²) in [5.74, 6) is 0.555. The Bertz CT molecular complexity index is 333. The number of carbonyl (C=O) groups is 1. The van der Waals surface area contributed by atoms with Gasteiger partial charge in [0.2, 0.25) is 5.95 Å². The van der Waals surface area contributed by atoms with Crippen molar-refractivity contribution in [3.8, 4) is 0 Å². The number of aromatic nitrogens is 2. The van der Waals surface area contributed by atoms with Gasteiger partial charge in [0.1, 0.15) is 0 Å². The largest absolute Gasteiger partial charge is 0.385 e. The van der Waals surface area contributed by atoms with E-state index in [-0.39, 0.29) is 6.03 Å². The molecule has 0 aliphatic rings. The van der Waals surface area contributed by atoms with Crippen molar-refractivity contribution in [1.82, 2.24) is 20.6 Å². The summed E-state index contributed by atoms with van der Waals surface area (Å²) in [5.41, 5.74) is 0. The molecule has 0 saturated heterocycles. The highest BCUT2D eigenvalue weighted by molar-refractivity contribution is 5.73. The lowest BCUT2D eigenvalue weighted by Crippen LogP contribution is -2.38. The molecule has 0 radical (unpaired) electrons. The van der Waals surface area contributed by atoms with Gasteiger partial charge in [-0.2, -0.15) is 0 Å². The van der Waals surface area contributed by atoms with Crippen LogP contribution in [0.15, 0.2) is 18.5 Å². The number of methoxy groups -OCH3 is 1. The van der Waals surface area contributed by atoms with Crippen LogP contribution in [-0.2, 0) is 4.74 Å². The van der Waals surface area contributed by atoms with E-state index in [2.05, 4.69) is 25.9 Å². The number of hydrogen-bond donors (Lipinski definition) is 3. The Morgan fingerprint density at radius 3 is 2.67 bits per heavy atom. The van der Waals surface area contributed by atoms with Crippen LogP contribution in [0.25, 0.3) is 0 Å². The van der Waals surface area contributed by atoms with E-state index in [4.69, 9.17) is 4.74 Å². The summed E-state index contributed by atoms with van der Waals surface area (Å²) in [4.78, 5) is 19.3. The Balaban J connectivity index is 1.99. The van der Waals surface area contributed by atoms with Crippen molar-refractivity contribution in [1.29, 1.82) is 0 Å². The minimum atomic E-state index is -0.179. The molecule has 1 rings (SSSR count). The fourth-order valence-corrected chi connectivity index (χ4v) is 1.22. The summed E-state index contributed by atoms with van der Waals surface area (Å²) in [6.07, 6.45) is 4.12. The fraction of sp³-hybridized carbons (Fsp3) is 0.545. The summed E-state index contributed by atoms with van der Waals surface area (Å²) in [6, 6.07) is 1.57. The number of anilines is 1. The van der Waals surface area contributed by atoms with E-state index < -0.39 is 0 Å². The van der Waals surface area contributed by atoms with Gasteiger partial charge in [-0.15, -0.1) is 0 Å². The van der Waals surface area contributed by atoms with E-state index in [1.54, 1.807) is 25.6 Å². The molecular weight excluding hydrogens is 234 g/mol. The highest BCUT2D eigenvalue weighted by Crippen LogP contribution is 1.91. The van der Waals surface area contributed by atoms with Gasteiger partial charge < -0.3 is 20.7 Å². The van der Waals surface area contributed by atoms with Crippen molar-refractivity contribution in [2.45, 2.75) is 6.42 Å². The van der Waals surface area contributed by atoms with Crippen LogP contribution >= 0.6 is 0 Å². The molecule has 1 aromatic rings. The zero-order valence-corrected chi connectivity index (χ0v) is 10.5. The van der Waals surface area contributed by atoms with E-state index in [1.807, 2.05) is 0 Å². The van der Waals surface area contributed by atoms with Crippen LogP contribution < -0.4 is 16.0 Å². The minimum absolute atomic E-state index is 0.179. The molecule has 7 heteroatoms. The summed E-state index contributed by atoms with van der Waals surface area (Å²) >= 11 is 0. The molecule has 0 saturated carbocycles. The molecular formula is C11H19N5O2. The number of nitrogens with one attached hydrogen (secondary N) is 3. The summed E-state index contributed by atoms with van der Waals surface area (Å²) in [7, 11) is 1.64. The van der Waals surface area contributed by atoms with Gasteiger partial charge in [0.15, 0.2) is 0 Å². The number of hydrogen-bond acceptors (Lipinski definition) is 5. The monoisotopic (exact) mass is 253 g/mol. The maximum atomic E-state index is 11.3. The average Bonchev–Trinajstić information content (AvgIpc) is 2.41. The van der Waals surface area contributed by atoms with Crippen molar-refractivity contribution in [2.75, 3.05) is 38.7 Å². The topological polar surface area (TPSA) is 88.2 Å². The van der Waals surface area contributed by atoms with Crippen molar-refractivity contribution in [2.24, 2.45) is 0 Å². The lowest BCUT2D eigenvalue weighted by atomic mass is 10.4. The second-order valence-electron chi connectivity index (χ2n) is 3.53.